The molecule has 5 aromatic rings. The molecular weight excluding hydrogens is 498 g/mol. The number of thiazole rings is 1. The third-order valence-corrected chi connectivity index (χ3v) is 7.05. The Morgan fingerprint density at radius 3 is 2.42 bits per heavy atom. The van der Waals surface area contributed by atoms with Crippen molar-refractivity contribution in [1.82, 2.24) is 14.6 Å². The Kier molecular flexibility index (Phi) is 5.36. The molecule has 36 heavy (non-hydrogen) atoms. The van der Waals surface area contributed by atoms with Crippen LogP contribution < -0.4 is 20.3 Å². The lowest BCUT2D eigenvalue weighted by Gasteiger charge is -2.16. The predicted molar refractivity (Wildman–Crippen MR) is 139 cm³/mol. The van der Waals surface area contributed by atoms with Crippen molar-refractivity contribution in [3.8, 4) is 11.4 Å². The zero-order chi connectivity index (χ0) is 24.8. The summed E-state index contributed by atoms with van der Waals surface area (Å²) in [5, 5.41) is 7.74. The average molecular weight is 514 g/mol. The quantitative estimate of drug-likeness (QED) is 0.397. The molecule has 0 aliphatic carbocycles. The minimum absolute atomic E-state index is 0.191. The predicted octanol–water partition coefficient (Wildman–Crippen LogP) is 3.37. The molecule has 0 radical (unpaired) electrons. The summed E-state index contributed by atoms with van der Waals surface area (Å²) < 4.78 is 1.44. The van der Waals surface area contributed by atoms with E-state index in [-0.39, 0.29) is 22.6 Å². The molecule has 1 N–H and O–H groups in total. The maximum atomic E-state index is 13.5. The van der Waals surface area contributed by atoms with E-state index in [9.17, 15) is 14.4 Å². The van der Waals surface area contributed by atoms with Crippen LogP contribution in [0.5, 0.6) is 0 Å². The second kappa shape index (κ2) is 8.71. The first-order valence-corrected chi connectivity index (χ1v) is 12.1. The number of nitrogens with one attached hydrogen (secondary N) is 1. The number of benzene rings is 3. The van der Waals surface area contributed by atoms with Crippen molar-refractivity contribution in [3.63, 3.8) is 0 Å². The SMILES string of the molecule is O=C(CN1C(=O)/C(=c2\sc3nc(-c4ccc(Cl)cc4)nn3c2=O)c2ccccc21)Nc1ccccc1. The molecule has 3 heterocycles. The van der Waals surface area contributed by atoms with Crippen LogP contribution in [0.25, 0.3) is 21.9 Å². The maximum Gasteiger partial charge on any atom is 0.291 e. The summed E-state index contributed by atoms with van der Waals surface area (Å²) in [5.74, 6) is -0.369. The number of amides is 2. The number of rotatable bonds is 4. The number of anilines is 2. The second-order valence-corrected chi connectivity index (χ2v) is 9.48. The van der Waals surface area contributed by atoms with Gasteiger partial charge in [0.1, 0.15) is 11.1 Å². The van der Waals surface area contributed by atoms with Crippen LogP contribution in [-0.2, 0) is 9.59 Å². The van der Waals surface area contributed by atoms with Crippen LogP contribution in [0.3, 0.4) is 0 Å². The third kappa shape index (κ3) is 3.74. The van der Waals surface area contributed by atoms with Crippen LogP contribution in [0, 0.1) is 0 Å². The number of carbonyl (C=O) groups is 2. The molecule has 6 rings (SSSR count). The molecule has 3 aromatic carbocycles. The molecule has 0 spiro atoms. The Hall–Kier alpha value is -4.34. The molecule has 8 nitrogen and oxygen atoms in total. The molecule has 0 bridgehead atoms. The van der Waals surface area contributed by atoms with Gasteiger partial charge in [-0.2, -0.15) is 9.50 Å². The number of nitrogens with zero attached hydrogens (tertiary/aromatic N) is 4. The van der Waals surface area contributed by atoms with Crippen LogP contribution in [0.15, 0.2) is 83.7 Å². The Bertz CT molecular complexity index is 1760. The summed E-state index contributed by atoms with van der Waals surface area (Å²) in [6, 6.07) is 23.1. The van der Waals surface area contributed by atoms with Crippen molar-refractivity contribution in [2.75, 3.05) is 16.8 Å². The number of carbonyl (C=O) groups excluding carboxylic acids is 2. The van der Waals surface area contributed by atoms with Crippen LogP contribution in [-0.4, -0.2) is 33.0 Å². The van der Waals surface area contributed by atoms with Crippen LogP contribution in [0.2, 0.25) is 5.02 Å². The Morgan fingerprint density at radius 1 is 0.944 bits per heavy atom. The molecule has 0 unspecified atom stereocenters. The van der Waals surface area contributed by atoms with Crippen LogP contribution in [0.4, 0.5) is 11.4 Å². The van der Waals surface area contributed by atoms with Crippen LogP contribution >= 0.6 is 22.9 Å². The van der Waals surface area contributed by atoms with E-state index in [2.05, 4.69) is 15.4 Å². The third-order valence-electron chi connectivity index (χ3n) is 5.77. The van der Waals surface area contributed by atoms with E-state index in [4.69, 9.17) is 11.6 Å². The van der Waals surface area contributed by atoms with Gasteiger partial charge in [0.15, 0.2) is 5.82 Å². The standard InChI is InChI=1S/C26H16ClN5O3S/c27-16-12-10-15(11-13-16)23-29-26-32(30-23)25(35)22(36-26)21-18-8-4-5-9-19(18)31(24(21)34)14-20(33)28-17-6-2-1-3-7-17/h1-13H,14H2,(H,28,33)/b22-21-. The van der Waals surface area contributed by atoms with Gasteiger partial charge in [-0.25, -0.2) is 0 Å². The second-order valence-electron chi connectivity index (χ2n) is 8.07. The first kappa shape index (κ1) is 22.1. The first-order chi connectivity index (χ1) is 17.5. The molecule has 0 saturated carbocycles. The van der Waals surface area contributed by atoms with Gasteiger partial charge >= 0.3 is 0 Å². The van der Waals surface area contributed by atoms with E-state index in [0.717, 1.165) is 16.9 Å². The lowest BCUT2D eigenvalue weighted by atomic mass is 10.1. The lowest BCUT2D eigenvalue weighted by Crippen LogP contribution is -2.37. The highest BCUT2D eigenvalue weighted by Crippen LogP contribution is 2.35. The molecule has 2 aromatic heterocycles. The summed E-state index contributed by atoms with van der Waals surface area (Å²) in [5.41, 5.74) is 2.33. The van der Waals surface area contributed by atoms with Crippen molar-refractivity contribution in [3.05, 3.63) is 104 Å². The number of para-hydroxylation sites is 2. The van der Waals surface area contributed by atoms with Crippen molar-refractivity contribution < 1.29 is 9.59 Å². The summed E-state index contributed by atoms with van der Waals surface area (Å²) in [4.78, 5) is 45.8. The lowest BCUT2D eigenvalue weighted by molar-refractivity contribution is -0.118. The molecule has 176 valence electrons. The van der Waals surface area contributed by atoms with Gasteiger partial charge in [-0.15, -0.1) is 5.10 Å². The molecular formula is C26H16ClN5O3S. The van der Waals surface area contributed by atoms with E-state index in [1.165, 1.54) is 9.42 Å². The highest BCUT2D eigenvalue weighted by atomic mass is 35.5. The largest absolute Gasteiger partial charge is 0.325 e. The highest BCUT2D eigenvalue weighted by Gasteiger charge is 2.35. The normalized spacial score (nSPS) is 14.4. The summed E-state index contributed by atoms with van der Waals surface area (Å²) in [6.45, 7) is -0.191. The number of aromatic nitrogens is 3. The number of hydrogen-bond donors (Lipinski definition) is 1. The topological polar surface area (TPSA) is 96.7 Å². The van der Waals surface area contributed by atoms with Crippen molar-refractivity contribution in [1.29, 1.82) is 0 Å². The van der Waals surface area contributed by atoms with Gasteiger partial charge in [0, 0.05) is 21.8 Å². The molecule has 0 saturated heterocycles. The minimum Gasteiger partial charge on any atom is -0.325 e. The Labute approximate surface area is 213 Å². The van der Waals surface area contributed by atoms with Crippen molar-refractivity contribution >= 4 is 56.7 Å². The van der Waals surface area contributed by atoms with Gasteiger partial charge in [-0.05, 0) is 42.5 Å². The molecule has 1 aliphatic rings. The fourth-order valence-electron chi connectivity index (χ4n) is 4.13. The fraction of sp³-hybridized carbons (Fsp3) is 0.0385. The zero-order valence-corrected chi connectivity index (χ0v) is 20.1. The molecule has 1 aliphatic heterocycles. The average Bonchev–Trinajstić information content (AvgIpc) is 3.51. The first-order valence-electron chi connectivity index (χ1n) is 11.0. The fourth-order valence-corrected chi connectivity index (χ4v) is 5.25. The van der Waals surface area contributed by atoms with Crippen molar-refractivity contribution in [2.24, 2.45) is 0 Å². The molecule has 0 fully saturated rings. The molecule has 0 atom stereocenters. The van der Waals surface area contributed by atoms with Gasteiger partial charge in [0.25, 0.3) is 11.5 Å². The summed E-state index contributed by atoms with van der Waals surface area (Å²) >= 11 is 7.05. The number of fused-ring (bicyclic) bond motifs is 2. The molecule has 10 heteroatoms. The van der Waals surface area contributed by atoms with Crippen molar-refractivity contribution in [2.45, 2.75) is 0 Å². The van der Waals surface area contributed by atoms with Gasteiger partial charge < -0.3 is 5.32 Å². The van der Waals surface area contributed by atoms with E-state index in [1.54, 1.807) is 60.7 Å². The van der Waals surface area contributed by atoms with E-state index < -0.39 is 11.5 Å². The smallest absolute Gasteiger partial charge is 0.291 e. The summed E-state index contributed by atoms with van der Waals surface area (Å²) in [6.07, 6.45) is 0. The monoisotopic (exact) mass is 513 g/mol. The minimum atomic E-state index is -0.434. The summed E-state index contributed by atoms with van der Waals surface area (Å²) in [7, 11) is 0. The van der Waals surface area contributed by atoms with Gasteiger partial charge in [-0.3, -0.25) is 19.3 Å². The van der Waals surface area contributed by atoms with E-state index >= 15 is 0 Å². The van der Waals surface area contributed by atoms with Gasteiger partial charge in [0.2, 0.25) is 10.9 Å². The number of hydrogen-bond acceptors (Lipinski definition) is 6. The van der Waals surface area contributed by atoms with E-state index in [0.29, 0.717) is 32.7 Å². The van der Waals surface area contributed by atoms with Crippen LogP contribution in [0.1, 0.15) is 5.56 Å². The maximum absolute atomic E-state index is 13.5. The van der Waals surface area contributed by atoms with Gasteiger partial charge in [0.05, 0.1) is 11.3 Å². The van der Waals surface area contributed by atoms with E-state index in [1.807, 2.05) is 18.2 Å². The Balaban J connectivity index is 1.40. The zero-order valence-electron chi connectivity index (χ0n) is 18.5. The Morgan fingerprint density at radius 2 is 1.67 bits per heavy atom. The molecule has 2 amide bonds. The number of halogens is 1. The van der Waals surface area contributed by atoms with Gasteiger partial charge in [-0.1, -0.05) is 59.3 Å². The highest BCUT2D eigenvalue weighted by molar-refractivity contribution is 7.15.